The maximum atomic E-state index is 11.8. The fourth-order valence-corrected chi connectivity index (χ4v) is 2.53. The van der Waals surface area contributed by atoms with Gasteiger partial charge in [0.2, 0.25) is 15.9 Å². The lowest BCUT2D eigenvalue weighted by atomic mass is 10.3. The quantitative estimate of drug-likeness (QED) is 0.595. The molecule has 1 saturated heterocycles. The van der Waals surface area contributed by atoms with Crippen molar-refractivity contribution < 1.29 is 13.2 Å². The van der Waals surface area contributed by atoms with Gasteiger partial charge in [0.1, 0.15) is 4.90 Å². The first-order valence-electron chi connectivity index (χ1n) is 5.56. The second kappa shape index (κ2) is 5.46. The van der Waals surface area contributed by atoms with Gasteiger partial charge in [-0.15, -0.1) is 0 Å². The van der Waals surface area contributed by atoms with Gasteiger partial charge in [-0.1, -0.05) is 0 Å². The first-order chi connectivity index (χ1) is 8.59. The molecule has 0 unspecified atom stereocenters. The van der Waals surface area contributed by atoms with E-state index in [-0.39, 0.29) is 17.3 Å². The van der Waals surface area contributed by atoms with Crippen molar-refractivity contribution in [2.24, 2.45) is 0 Å². The van der Waals surface area contributed by atoms with Crippen LogP contribution in [-0.4, -0.2) is 62.1 Å². The molecule has 0 radical (unpaired) electrons. The van der Waals surface area contributed by atoms with Crippen molar-refractivity contribution in [1.82, 2.24) is 25.1 Å². The number of aromatic nitrogens is 2. The van der Waals surface area contributed by atoms with Crippen molar-refractivity contribution in [2.45, 2.75) is 4.90 Å². The highest BCUT2D eigenvalue weighted by atomic mass is 32.2. The third-order valence-corrected chi connectivity index (χ3v) is 4.03. The standard InChI is InChI=1S/C9H15N5O3S/c15-9(14-3-1-10-2-4-14)7-13-18(16,17)8-5-11-12-6-8/h5-6,10,13H,1-4,7H2,(H,11,12). The first-order valence-corrected chi connectivity index (χ1v) is 7.05. The molecular weight excluding hydrogens is 258 g/mol. The van der Waals surface area contributed by atoms with E-state index >= 15 is 0 Å². The predicted molar refractivity (Wildman–Crippen MR) is 63.2 cm³/mol. The van der Waals surface area contributed by atoms with E-state index in [4.69, 9.17) is 0 Å². The van der Waals surface area contributed by atoms with Gasteiger partial charge in [-0.25, -0.2) is 13.1 Å². The van der Waals surface area contributed by atoms with Gasteiger partial charge in [-0.2, -0.15) is 5.10 Å². The molecule has 2 rings (SSSR count). The van der Waals surface area contributed by atoms with Crippen LogP contribution in [0.5, 0.6) is 0 Å². The van der Waals surface area contributed by atoms with Crippen LogP contribution in [0.1, 0.15) is 0 Å². The SMILES string of the molecule is O=C(CNS(=O)(=O)c1cn[nH]c1)N1CCNCC1. The minimum Gasteiger partial charge on any atom is -0.339 e. The molecule has 0 aromatic carbocycles. The number of H-pyrrole nitrogens is 1. The van der Waals surface area contributed by atoms with E-state index in [2.05, 4.69) is 20.2 Å². The highest BCUT2D eigenvalue weighted by Gasteiger charge is 2.20. The fraction of sp³-hybridized carbons (Fsp3) is 0.556. The lowest BCUT2D eigenvalue weighted by Crippen LogP contribution is -2.49. The summed E-state index contributed by atoms with van der Waals surface area (Å²) in [5.74, 6) is -0.219. The third kappa shape index (κ3) is 3.06. The van der Waals surface area contributed by atoms with Crippen LogP contribution in [0.4, 0.5) is 0 Å². The van der Waals surface area contributed by atoms with E-state index in [0.717, 1.165) is 13.1 Å². The van der Waals surface area contributed by atoms with E-state index in [1.165, 1.54) is 12.4 Å². The molecule has 0 bridgehead atoms. The molecule has 1 fully saturated rings. The summed E-state index contributed by atoms with van der Waals surface area (Å²) < 4.78 is 25.7. The number of aromatic amines is 1. The number of nitrogens with zero attached hydrogens (tertiary/aromatic N) is 2. The zero-order valence-electron chi connectivity index (χ0n) is 9.72. The normalized spacial score (nSPS) is 16.8. The average molecular weight is 273 g/mol. The topological polar surface area (TPSA) is 107 Å². The molecule has 1 amide bonds. The van der Waals surface area contributed by atoms with E-state index in [1.807, 2.05) is 0 Å². The van der Waals surface area contributed by atoms with Crippen molar-refractivity contribution in [1.29, 1.82) is 0 Å². The second-order valence-corrected chi connectivity index (χ2v) is 5.66. The molecule has 0 spiro atoms. The van der Waals surface area contributed by atoms with Crippen molar-refractivity contribution in [3.05, 3.63) is 12.4 Å². The van der Waals surface area contributed by atoms with Gasteiger partial charge < -0.3 is 10.2 Å². The van der Waals surface area contributed by atoms with Gasteiger partial charge >= 0.3 is 0 Å². The number of piperazine rings is 1. The molecule has 0 atom stereocenters. The number of carbonyl (C=O) groups excluding carboxylic acids is 1. The second-order valence-electron chi connectivity index (χ2n) is 3.89. The molecule has 1 aromatic rings. The number of nitrogens with one attached hydrogen (secondary N) is 3. The molecular formula is C9H15N5O3S. The smallest absolute Gasteiger partial charge is 0.244 e. The van der Waals surface area contributed by atoms with Gasteiger partial charge in [0.15, 0.2) is 0 Å². The Morgan fingerprint density at radius 1 is 1.44 bits per heavy atom. The predicted octanol–water partition coefficient (Wildman–Crippen LogP) is -1.88. The molecule has 8 nitrogen and oxygen atoms in total. The number of amides is 1. The maximum Gasteiger partial charge on any atom is 0.244 e. The van der Waals surface area contributed by atoms with Crippen LogP contribution in [0, 0.1) is 0 Å². The number of carbonyl (C=O) groups is 1. The molecule has 1 aromatic heterocycles. The summed E-state index contributed by atoms with van der Waals surface area (Å²) in [5.41, 5.74) is 0. The van der Waals surface area contributed by atoms with Crippen LogP contribution < -0.4 is 10.0 Å². The summed E-state index contributed by atoms with van der Waals surface area (Å²) in [7, 11) is -3.66. The Hall–Kier alpha value is -1.45. The lowest BCUT2D eigenvalue weighted by Gasteiger charge is -2.27. The number of hydrogen-bond donors (Lipinski definition) is 3. The van der Waals surface area contributed by atoms with Crippen LogP contribution in [-0.2, 0) is 14.8 Å². The zero-order valence-corrected chi connectivity index (χ0v) is 10.5. The number of hydrogen-bond acceptors (Lipinski definition) is 5. The van der Waals surface area contributed by atoms with Crippen molar-refractivity contribution in [2.75, 3.05) is 32.7 Å². The van der Waals surface area contributed by atoms with Gasteiger partial charge in [-0.3, -0.25) is 9.89 Å². The molecule has 100 valence electrons. The molecule has 1 aliphatic heterocycles. The highest BCUT2D eigenvalue weighted by molar-refractivity contribution is 7.89. The minimum atomic E-state index is -3.66. The van der Waals surface area contributed by atoms with Crippen molar-refractivity contribution in [3.63, 3.8) is 0 Å². The number of rotatable bonds is 4. The minimum absolute atomic E-state index is 0.0237. The molecule has 9 heteroatoms. The van der Waals surface area contributed by atoms with E-state index < -0.39 is 10.0 Å². The van der Waals surface area contributed by atoms with Crippen LogP contribution in [0.25, 0.3) is 0 Å². The summed E-state index contributed by atoms with van der Waals surface area (Å²) in [4.78, 5) is 13.4. The van der Waals surface area contributed by atoms with Gasteiger partial charge in [0.05, 0.1) is 12.7 Å². The zero-order chi connectivity index (χ0) is 13.0. The number of sulfonamides is 1. The van der Waals surface area contributed by atoms with Crippen molar-refractivity contribution >= 4 is 15.9 Å². The molecule has 18 heavy (non-hydrogen) atoms. The summed E-state index contributed by atoms with van der Waals surface area (Å²) >= 11 is 0. The maximum absolute atomic E-state index is 11.8. The van der Waals surface area contributed by atoms with Crippen LogP contribution in [0.3, 0.4) is 0 Å². The van der Waals surface area contributed by atoms with Gasteiger partial charge in [-0.05, 0) is 0 Å². The highest BCUT2D eigenvalue weighted by Crippen LogP contribution is 2.03. The van der Waals surface area contributed by atoms with Crippen molar-refractivity contribution in [3.8, 4) is 0 Å². The molecule has 1 aliphatic rings. The summed E-state index contributed by atoms with van der Waals surface area (Å²) in [5, 5.41) is 9.09. The van der Waals surface area contributed by atoms with Crippen LogP contribution in [0.15, 0.2) is 17.3 Å². The molecule has 0 aliphatic carbocycles. The third-order valence-electron chi connectivity index (χ3n) is 2.67. The average Bonchev–Trinajstić information content (AvgIpc) is 2.92. The molecule has 0 saturated carbocycles. The summed E-state index contributed by atoms with van der Waals surface area (Å²) in [6, 6.07) is 0. The monoisotopic (exact) mass is 273 g/mol. The Balaban J connectivity index is 1.89. The van der Waals surface area contributed by atoms with E-state index in [9.17, 15) is 13.2 Å². The fourth-order valence-electron chi connectivity index (χ4n) is 1.65. The molecule has 3 N–H and O–H groups in total. The van der Waals surface area contributed by atoms with Gasteiger partial charge in [0.25, 0.3) is 0 Å². The van der Waals surface area contributed by atoms with Crippen LogP contribution in [0.2, 0.25) is 0 Å². The summed E-state index contributed by atoms with van der Waals surface area (Å²) in [6.45, 7) is 2.45. The Kier molecular flexibility index (Phi) is 3.94. The van der Waals surface area contributed by atoms with E-state index in [1.54, 1.807) is 4.90 Å². The Morgan fingerprint density at radius 2 is 2.17 bits per heavy atom. The van der Waals surface area contributed by atoms with Crippen LogP contribution >= 0.6 is 0 Å². The molecule has 2 heterocycles. The Morgan fingerprint density at radius 3 is 2.78 bits per heavy atom. The lowest BCUT2D eigenvalue weighted by molar-refractivity contribution is -0.130. The largest absolute Gasteiger partial charge is 0.339 e. The summed E-state index contributed by atoms with van der Waals surface area (Å²) in [6.07, 6.45) is 2.45. The van der Waals surface area contributed by atoms with E-state index in [0.29, 0.717) is 13.1 Å². The first kappa shape index (κ1) is 13.0. The Labute approximate surface area is 105 Å². The van der Waals surface area contributed by atoms with Gasteiger partial charge in [0, 0.05) is 32.4 Å². The Bertz CT molecular complexity index is 492.